The summed E-state index contributed by atoms with van der Waals surface area (Å²) >= 11 is 0. The Hall–Kier alpha value is -1.04. The molecule has 2 rings (SSSR count). The molecule has 1 unspecified atom stereocenters. The topological polar surface area (TPSA) is 29.9 Å². The van der Waals surface area contributed by atoms with Gasteiger partial charge in [-0.1, -0.05) is 0 Å². The number of aromatic nitrogens is 2. The Morgan fingerprint density at radius 3 is 2.45 bits per heavy atom. The van der Waals surface area contributed by atoms with E-state index in [1.165, 1.54) is 0 Å². The molecule has 0 saturated heterocycles. The third-order valence-corrected chi connectivity index (χ3v) is 4.50. The zero-order chi connectivity index (χ0) is 14.8. The van der Waals surface area contributed by atoms with Gasteiger partial charge in [-0.15, -0.1) is 0 Å². The predicted molar refractivity (Wildman–Crippen MR) is 71.3 cm³/mol. The molecule has 0 radical (unpaired) electrons. The van der Waals surface area contributed by atoms with Gasteiger partial charge in [0.25, 0.3) is 0 Å². The highest BCUT2D eigenvalue weighted by Gasteiger charge is 2.42. The van der Waals surface area contributed by atoms with Crippen LogP contribution in [0.25, 0.3) is 0 Å². The number of hydrogen-bond donors (Lipinski definition) is 1. The molecule has 1 aliphatic carbocycles. The molecule has 0 aromatic carbocycles. The van der Waals surface area contributed by atoms with Crippen molar-refractivity contribution in [2.75, 3.05) is 7.05 Å². The molecule has 20 heavy (non-hydrogen) atoms. The summed E-state index contributed by atoms with van der Waals surface area (Å²) in [4.78, 5) is 4.30. The number of nitrogens with one attached hydrogen (secondary N) is 1. The Balaban J connectivity index is 1.92. The van der Waals surface area contributed by atoms with Gasteiger partial charge in [0.1, 0.15) is 5.82 Å². The molecule has 0 amide bonds. The van der Waals surface area contributed by atoms with Crippen molar-refractivity contribution in [3.8, 4) is 0 Å². The molecule has 1 aromatic heterocycles. The average Bonchev–Trinajstić information content (AvgIpc) is 2.80. The molecule has 1 heterocycles. The number of rotatable bonds is 4. The van der Waals surface area contributed by atoms with E-state index >= 15 is 0 Å². The normalized spacial score (nSPS) is 25.6. The van der Waals surface area contributed by atoms with Crippen molar-refractivity contribution in [2.45, 2.75) is 44.3 Å². The van der Waals surface area contributed by atoms with Crippen molar-refractivity contribution in [1.29, 1.82) is 0 Å². The minimum atomic E-state index is -4.03. The van der Waals surface area contributed by atoms with Crippen LogP contribution in [-0.4, -0.2) is 28.8 Å². The van der Waals surface area contributed by atoms with E-state index in [0.717, 1.165) is 12.2 Å². The van der Waals surface area contributed by atoms with Gasteiger partial charge in [-0.25, -0.2) is 4.98 Å². The van der Waals surface area contributed by atoms with Crippen molar-refractivity contribution >= 4 is 0 Å². The Bertz CT molecular complexity index is 420. The summed E-state index contributed by atoms with van der Waals surface area (Å²) in [6.07, 6.45) is 2.17. The lowest BCUT2D eigenvalue weighted by atomic mass is 9.77. The fourth-order valence-electron chi connectivity index (χ4n) is 3.14. The first-order valence-electron chi connectivity index (χ1n) is 7.12. The summed E-state index contributed by atoms with van der Waals surface area (Å²) in [6, 6.07) is 0.199. The van der Waals surface area contributed by atoms with Gasteiger partial charge in [-0.05, 0) is 38.6 Å². The predicted octanol–water partition coefficient (Wildman–Crippen LogP) is 2.92. The van der Waals surface area contributed by atoms with E-state index in [1.54, 1.807) is 6.20 Å². The second kappa shape index (κ2) is 6.16. The minimum absolute atomic E-state index is 0.199. The zero-order valence-electron chi connectivity index (χ0n) is 12.0. The molecule has 0 aliphatic heterocycles. The molecule has 0 bridgehead atoms. The number of halogens is 3. The van der Waals surface area contributed by atoms with Crippen LogP contribution in [0.3, 0.4) is 0 Å². The van der Waals surface area contributed by atoms with Crippen LogP contribution in [0.5, 0.6) is 0 Å². The van der Waals surface area contributed by atoms with E-state index < -0.39 is 12.1 Å². The summed E-state index contributed by atoms with van der Waals surface area (Å²) in [6.45, 7) is 0. The second-order valence-electron chi connectivity index (χ2n) is 5.71. The van der Waals surface area contributed by atoms with Gasteiger partial charge in [-0.2, -0.15) is 13.2 Å². The number of aryl methyl sites for hydroxylation is 1. The Morgan fingerprint density at radius 2 is 2.00 bits per heavy atom. The molecule has 3 nitrogen and oxygen atoms in total. The van der Waals surface area contributed by atoms with Crippen LogP contribution in [0, 0.1) is 11.8 Å². The molecule has 1 aliphatic rings. The van der Waals surface area contributed by atoms with Crippen LogP contribution in [-0.2, 0) is 13.5 Å². The first-order valence-corrected chi connectivity index (χ1v) is 7.12. The van der Waals surface area contributed by atoms with Crippen LogP contribution in [0.1, 0.15) is 31.5 Å². The van der Waals surface area contributed by atoms with Gasteiger partial charge in [0.05, 0.1) is 5.92 Å². The van der Waals surface area contributed by atoms with Crippen LogP contribution in [0.15, 0.2) is 12.4 Å². The van der Waals surface area contributed by atoms with Crippen molar-refractivity contribution in [2.24, 2.45) is 18.9 Å². The zero-order valence-corrected chi connectivity index (χ0v) is 12.0. The first kappa shape index (κ1) is 15.4. The standard InChI is InChI=1S/C14H22F3N3/c1-18-12(9-13-19-7-8-20(13)2)10-3-5-11(6-4-10)14(15,16)17/h7-8,10-12,18H,3-6,9H2,1-2H3. The molecule has 1 saturated carbocycles. The van der Waals surface area contributed by atoms with Crippen molar-refractivity contribution in [3.05, 3.63) is 18.2 Å². The maximum absolute atomic E-state index is 12.7. The van der Waals surface area contributed by atoms with Crippen LogP contribution in [0.4, 0.5) is 13.2 Å². The first-order chi connectivity index (χ1) is 9.41. The van der Waals surface area contributed by atoms with Gasteiger partial charge < -0.3 is 9.88 Å². The largest absolute Gasteiger partial charge is 0.391 e. The van der Waals surface area contributed by atoms with Gasteiger partial charge in [0.15, 0.2) is 0 Å². The van der Waals surface area contributed by atoms with E-state index in [9.17, 15) is 13.2 Å². The number of nitrogens with zero attached hydrogens (tertiary/aromatic N) is 2. The minimum Gasteiger partial charge on any atom is -0.338 e. The molecular formula is C14H22F3N3. The molecule has 1 aromatic rings. The Kier molecular flexibility index (Phi) is 4.73. The van der Waals surface area contributed by atoms with Gasteiger partial charge >= 0.3 is 6.18 Å². The van der Waals surface area contributed by atoms with Crippen molar-refractivity contribution < 1.29 is 13.2 Å². The fourth-order valence-corrected chi connectivity index (χ4v) is 3.14. The quantitative estimate of drug-likeness (QED) is 0.923. The lowest BCUT2D eigenvalue weighted by Crippen LogP contribution is -2.40. The van der Waals surface area contributed by atoms with E-state index in [4.69, 9.17) is 0 Å². The van der Waals surface area contributed by atoms with Crippen LogP contribution >= 0.6 is 0 Å². The summed E-state index contributed by atoms with van der Waals surface area (Å²) in [7, 11) is 3.82. The molecule has 1 N–H and O–H groups in total. The van der Waals surface area contributed by atoms with Crippen molar-refractivity contribution in [1.82, 2.24) is 14.9 Å². The molecule has 1 atom stereocenters. The number of imidazole rings is 1. The van der Waals surface area contributed by atoms with Crippen molar-refractivity contribution in [3.63, 3.8) is 0 Å². The monoisotopic (exact) mass is 289 g/mol. The number of likely N-dealkylation sites (N-methyl/N-ethyl adjacent to an activating group) is 1. The summed E-state index contributed by atoms with van der Waals surface area (Å²) in [5.74, 6) is 0.169. The van der Waals surface area contributed by atoms with E-state index in [0.29, 0.717) is 18.8 Å². The highest BCUT2D eigenvalue weighted by atomic mass is 19.4. The van der Waals surface area contributed by atoms with E-state index in [2.05, 4.69) is 10.3 Å². The Labute approximate surface area is 117 Å². The summed E-state index contributed by atoms with van der Waals surface area (Å²) in [5.41, 5.74) is 0. The summed E-state index contributed by atoms with van der Waals surface area (Å²) < 4.78 is 40.0. The maximum atomic E-state index is 12.7. The average molecular weight is 289 g/mol. The molecule has 1 fully saturated rings. The third-order valence-electron chi connectivity index (χ3n) is 4.50. The van der Waals surface area contributed by atoms with Gasteiger partial charge in [-0.3, -0.25) is 0 Å². The molecular weight excluding hydrogens is 267 g/mol. The molecule has 6 heteroatoms. The molecule has 0 spiro atoms. The van der Waals surface area contributed by atoms with E-state index in [1.807, 2.05) is 24.9 Å². The maximum Gasteiger partial charge on any atom is 0.391 e. The summed E-state index contributed by atoms with van der Waals surface area (Å²) in [5, 5.41) is 3.26. The number of hydrogen-bond acceptors (Lipinski definition) is 2. The smallest absolute Gasteiger partial charge is 0.338 e. The highest BCUT2D eigenvalue weighted by molar-refractivity contribution is 4.96. The lowest BCUT2D eigenvalue weighted by Gasteiger charge is -2.34. The van der Waals surface area contributed by atoms with Crippen LogP contribution < -0.4 is 5.32 Å². The van der Waals surface area contributed by atoms with E-state index in [-0.39, 0.29) is 18.9 Å². The SMILES string of the molecule is CNC(Cc1nccn1C)C1CCC(C(F)(F)F)CC1. The Morgan fingerprint density at radius 1 is 1.35 bits per heavy atom. The third kappa shape index (κ3) is 3.53. The highest BCUT2D eigenvalue weighted by Crippen LogP contribution is 2.40. The van der Waals surface area contributed by atoms with Gasteiger partial charge in [0.2, 0.25) is 0 Å². The number of alkyl halides is 3. The lowest BCUT2D eigenvalue weighted by molar-refractivity contribution is -0.184. The molecule has 114 valence electrons. The van der Waals surface area contributed by atoms with Gasteiger partial charge in [0, 0.05) is 31.9 Å². The fraction of sp³-hybridized carbons (Fsp3) is 0.786. The second-order valence-corrected chi connectivity index (χ2v) is 5.71. The van der Waals surface area contributed by atoms with Crippen LogP contribution in [0.2, 0.25) is 0 Å².